The Hall–Kier alpha value is -0.610. The SMILES string of the molecule is CCCCC(CC)(OCCCO)C(=O)O. The number of rotatable bonds is 9. The largest absolute Gasteiger partial charge is 0.479 e. The Labute approximate surface area is 91.3 Å². The van der Waals surface area contributed by atoms with Crippen molar-refractivity contribution in [2.24, 2.45) is 0 Å². The third-order valence-corrected chi connectivity index (χ3v) is 2.58. The van der Waals surface area contributed by atoms with Crippen molar-refractivity contribution < 1.29 is 19.7 Å². The Morgan fingerprint density at radius 1 is 1.33 bits per heavy atom. The molecule has 90 valence electrons. The van der Waals surface area contributed by atoms with Gasteiger partial charge in [0, 0.05) is 6.61 Å². The van der Waals surface area contributed by atoms with Crippen LogP contribution in [0.15, 0.2) is 0 Å². The van der Waals surface area contributed by atoms with Gasteiger partial charge in [0.05, 0.1) is 6.61 Å². The van der Waals surface area contributed by atoms with Gasteiger partial charge in [-0.05, 0) is 19.3 Å². The summed E-state index contributed by atoms with van der Waals surface area (Å²) in [4.78, 5) is 11.2. The second kappa shape index (κ2) is 7.65. The lowest BCUT2D eigenvalue weighted by molar-refractivity contribution is -0.168. The van der Waals surface area contributed by atoms with Crippen molar-refractivity contribution in [2.75, 3.05) is 13.2 Å². The second-order valence-corrected chi connectivity index (χ2v) is 3.68. The molecule has 0 aromatic carbocycles. The number of unbranched alkanes of at least 4 members (excludes halogenated alkanes) is 1. The summed E-state index contributed by atoms with van der Waals surface area (Å²) >= 11 is 0. The van der Waals surface area contributed by atoms with Crippen LogP contribution in [0.4, 0.5) is 0 Å². The first kappa shape index (κ1) is 14.4. The first-order valence-electron chi connectivity index (χ1n) is 5.61. The van der Waals surface area contributed by atoms with Crippen molar-refractivity contribution in [3.8, 4) is 0 Å². The molecule has 1 unspecified atom stereocenters. The number of carboxylic acids is 1. The van der Waals surface area contributed by atoms with E-state index in [2.05, 4.69) is 0 Å². The van der Waals surface area contributed by atoms with Gasteiger partial charge in [-0.3, -0.25) is 0 Å². The topological polar surface area (TPSA) is 66.8 Å². The number of hydrogen-bond acceptors (Lipinski definition) is 3. The van der Waals surface area contributed by atoms with Crippen LogP contribution in [0.25, 0.3) is 0 Å². The Morgan fingerprint density at radius 2 is 2.00 bits per heavy atom. The predicted molar refractivity (Wildman–Crippen MR) is 57.8 cm³/mol. The zero-order chi connectivity index (χ0) is 11.7. The molecule has 0 aromatic heterocycles. The third kappa shape index (κ3) is 4.62. The van der Waals surface area contributed by atoms with Crippen LogP contribution in [0.5, 0.6) is 0 Å². The molecule has 0 aliphatic heterocycles. The van der Waals surface area contributed by atoms with Crippen molar-refractivity contribution in [3.63, 3.8) is 0 Å². The molecule has 0 heterocycles. The standard InChI is InChI=1S/C11H22O4/c1-3-5-7-11(4-2,10(13)14)15-9-6-8-12/h12H,3-9H2,1-2H3,(H,13,14). The number of carboxylic acid groups (broad SMARTS) is 1. The highest BCUT2D eigenvalue weighted by Gasteiger charge is 2.36. The molecule has 15 heavy (non-hydrogen) atoms. The Morgan fingerprint density at radius 3 is 2.40 bits per heavy atom. The second-order valence-electron chi connectivity index (χ2n) is 3.68. The molecule has 4 nitrogen and oxygen atoms in total. The quantitative estimate of drug-likeness (QED) is 0.579. The summed E-state index contributed by atoms with van der Waals surface area (Å²) in [6.07, 6.45) is 3.30. The summed E-state index contributed by atoms with van der Waals surface area (Å²) in [7, 11) is 0. The van der Waals surface area contributed by atoms with Crippen LogP contribution < -0.4 is 0 Å². The molecule has 0 radical (unpaired) electrons. The van der Waals surface area contributed by atoms with Gasteiger partial charge in [-0.1, -0.05) is 26.7 Å². The van der Waals surface area contributed by atoms with Crippen LogP contribution in [0, 0.1) is 0 Å². The minimum absolute atomic E-state index is 0.0349. The molecule has 0 saturated heterocycles. The number of aliphatic hydroxyl groups excluding tert-OH is 1. The smallest absolute Gasteiger partial charge is 0.335 e. The van der Waals surface area contributed by atoms with Crippen LogP contribution in [0.2, 0.25) is 0 Å². The highest BCUT2D eigenvalue weighted by atomic mass is 16.5. The highest BCUT2D eigenvalue weighted by molar-refractivity contribution is 5.77. The number of carbonyl (C=O) groups is 1. The number of ether oxygens (including phenoxy) is 1. The van der Waals surface area contributed by atoms with Gasteiger partial charge in [0.25, 0.3) is 0 Å². The predicted octanol–water partition coefficient (Wildman–Crippen LogP) is 1.81. The van der Waals surface area contributed by atoms with E-state index in [0.717, 1.165) is 12.8 Å². The molecule has 0 fully saturated rings. The van der Waals surface area contributed by atoms with Gasteiger partial charge in [0.1, 0.15) is 0 Å². The normalized spacial score (nSPS) is 14.9. The minimum Gasteiger partial charge on any atom is -0.479 e. The Bertz CT molecular complexity index is 181. The molecule has 2 N–H and O–H groups in total. The van der Waals surface area contributed by atoms with Gasteiger partial charge >= 0.3 is 5.97 Å². The van der Waals surface area contributed by atoms with Crippen LogP contribution >= 0.6 is 0 Å². The van der Waals surface area contributed by atoms with Crippen molar-refractivity contribution in [1.82, 2.24) is 0 Å². The van der Waals surface area contributed by atoms with Crippen molar-refractivity contribution in [2.45, 2.75) is 51.6 Å². The molecule has 0 amide bonds. The summed E-state index contributed by atoms with van der Waals surface area (Å²) in [5.74, 6) is -0.892. The van der Waals surface area contributed by atoms with E-state index in [4.69, 9.17) is 14.9 Å². The molecule has 1 atom stereocenters. The molecule has 0 bridgehead atoms. The fourth-order valence-corrected chi connectivity index (χ4v) is 1.47. The van der Waals surface area contributed by atoms with E-state index in [1.165, 1.54) is 0 Å². The van der Waals surface area contributed by atoms with Gasteiger partial charge in [-0.2, -0.15) is 0 Å². The van der Waals surface area contributed by atoms with E-state index in [-0.39, 0.29) is 6.61 Å². The lowest BCUT2D eigenvalue weighted by Crippen LogP contribution is -2.41. The van der Waals surface area contributed by atoms with Crippen molar-refractivity contribution >= 4 is 5.97 Å². The molecule has 0 aliphatic rings. The molecular weight excluding hydrogens is 196 g/mol. The van der Waals surface area contributed by atoms with Gasteiger partial charge < -0.3 is 14.9 Å². The van der Waals surface area contributed by atoms with Crippen LogP contribution in [-0.2, 0) is 9.53 Å². The van der Waals surface area contributed by atoms with E-state index in [1.54, 1.807) is 0 Å². The lowest BCUT2D eigenvalue weighted by atomic mass is 9.93. The third-order valence-electron chi connectivity index (χ3n) is 2.58. The average Bonchev–Trinajstić information content (AvgIpc) is 2.23. The van der Waals surface area contributed by atoms with Gasteiger partial charge in [-0.15, -0.1) is 0 Å². The van der Waals surface area contributed by atoms with Crippen LogP contribution in [-0.4, -0.2) is 35.0 Å². The maximum atomic E-state index is 11.2. The van der Waals surface area contributed by atoms with Crippen molar-refractivity contribution in [3.05, 3.63) is 0 Å². The molecule has 0 rings (SSSR count). The fourth-order valence-electron chi connectivity index (χ4n) is 1.47. The number of aliphatic hydroxyl groups is 1. The average molecular weight is 218 g/mol. The summed E-state index contributed by atoms with van der Waals surface area (Å²) < 4.78 is 5.42. The van der Waals surface area contributed by atoms with Crippen LogP contribution in [0.1, 0.15) is 46.0 Å². The molecule has 0 aliphatic carbocycles. The Kier molecular flexibility index (Phi) is 7.34. The Balaban J connectivity index is 4.30. The van der Waals surface area contributed by atoms with Gasteiger partial charge in [0.15, 0.2) is 5.60 Å². The maximum absolute atomic E-state index is 11.2. The summed E-state index contributed by atoms with van der Waals surface area (Å²) in [5.41, 5.74) is -1.05. The van der Waals surface area contributed by atoms with Crippen LogP contribution in [0.3, 0.4) is 0 Å². The minimum atomic E-state index is -1.05. The summed E-state index contributed by atoms with van der Waals surface area (Å²) in [5, 5.41) is 17.8. The first-order valence-corrected chi connectivity index (χ1v) is 5.61. The molecular formula is C11H22O4. The van der Waals surface area contributed by atoms with E-state index in [1.807, 2.05) is 13.8 Å². The highest BCUT2D eigenvalue weighted by Crippen LogP contribution is 2.24. The first-order chi connectivity index (χ1) is 7.13. The zero-order valence-electron chi connectivity index (χ0n) is 9.66. The maximum Gasteiger partial charge on any atom is 0.335 e. The van der Waals surface area contributed by atoms with Crippen molar-refractivity contribution in [1.29, 1.82) is 0 Å². The van der Waals surface area contributed by atoms with E-state index in [0.29, 0.717) is 25.9 Å². The van der Waals surface area contributed by atoms with E-state index >= 15 is 0 Å². The molecule has 0 aromatic rings. The molecule has 4 heteroatoms. The van der Waals surface area contributed by atoms with Gasteiger partial charge in [0.2, 0.25) is 0 Å². The molecule has 0 spiro atoms. The van der Waals surface area contributed by atoms with E-state index in [9.17, 15) is 4.79 Å². The van der Waals surface area contributed by atoms with E-state index < -0.39 is 11.6 Å². The lowest BCUT2D eigenvalue weighted by Gasteiger charge is -2.28. The summed E-state index contributed by atoms with van der Waals surface area (Å²) in [6, 6.07) is 0. The zero-order valence-corrected chi connectivity index (χ0v) is 9.66. The van der Waals surface area contributed by atoms with Gasteiger partial charge in [-0.25, -0.2) is 4.79 Å². The molecule has 0 saturated carbocycles. The number of aliphatic carboxylic acids is 1. The number of hydrogen-bond donors (Lipinski definition) is 2. The fraction of sp³-hybridized carbons (Fsp3) is 0.909. The monoisotopic (exact) mass is 218 g/mol. The summed E-state index contributed by atoms with van der Waals surface area (Å²) in [6.45, 7) is 4.19.